The van der Waals surface area contributed by atoms with Crippen LogP contribution in [0.1, 0.15) is 0 Å². The summed E-state index contributed by atoms with van der Waals surface area (Å²) in [6.45, 7) is 0. The number of pyridine rings is 1. The summed E-state index contributed by atoms with van der Waals surface area (Å²) in [6.07, 6.45) is 3.50. The SMILES string of the molecule is O=S(=O)([NH][Ir])c1ccccc1.c1ccncc1. The van der Waals surface area contributed by atoms with Crippen molar-refractivity contribution >= 4 is 10.0 Å². The zero-order valence-electron chi connectivity index (χ0n) is 8.78. The van der Waals surface area contributed by atoms with Crippen LogP contribution in [0.3, 0.4) is 0 Å². The second-order valence-corrected chi connectivity index (χ2v) is 5.99. The molecule has 0 atom stereocenters. The van der Waals surface area contributed by atoms with E-state index in [1.54, 1.807) is 42.7 Å². The minimum atomic E-state index is -3.25. The maximum absolute atomic E-state index is 11.1. The first-order chi connectivity index (χ1) is 8.17. The van der Waals surface area contributed by atoms with Gasteiger partial charge in [-0.25, -0.2) is 0 Å². The largest absolute Gasteiger partial charge is 0.265 e. The normalized spacial score (nSPS) is 10.2. The molecule has 0 spiro atoms. The predicted molar refractivity (Wildman–Crippen MR) is 61.0 cm³/mol. The Hall–Kier alpha value is -1.07. The molecule has 0 amide bonds. The fraction of sp³-hybridized carbons (Fsp3) is 0. The monoisotopic (exact) mass is 428 g/mol. The first kappa shape index (κ1) is 14.0. The van der Waals surface area contributed by atoms with Crippen molar-refractivity contribution in [2.24, 2.45) is 0 Å². The van der Waals surface area contributed by atoms with Gasteiger partial charge in [-0.3, -0.25) is 4.98 Å². The van der Waals surface area contributed by atoms with E-state index in [1.165, 1.54) is 19.1 Å². The molecule has 17 heavy (non-hydrogen) atoms. The maximum atomic E-state index is 11.1. The van der Waals surface area contributed by atoms with Gasteiger partial charge in [0.05, 0.1) is 0 Å². The third-order valence-electron chi connectivity index (χ3n) is 1.71. The van der Waals surface area contributed by atoms with Crippen LogP contribution in [0.4, 0.5) is 0 Å². The molecule has 1 N–H and O–H groups in total. The molecule has 1 aromatic heterocycles. The Morgan fingerprint density at radius 2 is 1.47 bits per heavy atom. The zero-order chi connectivity index (χ0) is 12.6. The first-order valence-corrected chi connectivity index (χ1v) is 7.35. The number of hydrogen-bond acceptors (Lipinski definition) is 3. The van der Waals surface area contributed by atoms with Gasteiger partial charge in [0.15, 0.2) is 0 Å². The van der Waals surface area contributed by atoms with Crippen LogP contribution in [0.2, 0.25) is 0 Å². The maximum Gasteiger partial charge on any atom is 0.0267 e. The van der Waals surface area contributed by atoms with Crippen LogP contribution in [0.5, 0.6) is 0 Å². The molecule has 1 aromatic carbocycles. The predicted octanol–water partition coefficient (Wildman–Crippen LogP) is 1.51. The fourth-order valence-electron chi connectivity index (χ4n) is 0.952. The summed E-state index contributed by atoms with van der Waals surface area (Å²) in [5, 5.41) is 0. The van der Waals surface area contributed by atoms with E-state index < -0.39 is 10.0 Å². The molecule has 92 valence electrons. The molecule has 1 heterocycles. The number of benzene rings is 1. The second kappa shape index (κ2) is 7.29. The van der Waals surface area contributed by atoms with Crippen LogP contribution < -0.4 is 3.39 Å². The topological polar surface area (TPSA) is 59.1 Å². The van der Waals surface area contributed by atoms with Gasteiger partial charge in [0.1, 0.15) is 0 Å². The summed E-state index contributed by atoms with van der Waals surface area (Å²) >= 11 is 1.39. The number of sulfonamides is 1. The molecule has 0 fully saturated rings. The molecule has 0 radical (unpaired) electrons. The number of aromatic nitrogens is 1. The van der Waals surface area contributed by atoms with E-state index in [-0.39, 0.29) is 0 Å². The Morgan fingerprint density at radius 1 is 0.941 bits per heavy atom. The van der Waals surface area contributed by atoms with Crippen LogP contribution in [0.25, 0.3) is 0 Å². The van der Waals surface area contributed by atoms with Gasteiger partial charge in [-0.15, -0.1) is 0 Å². The van der Waals surface area contributed by atoms with Crippen molar-refractivity contribution in [3.8, 4) is 0 Å². The quantitative estimate of drug-likeness (QED) is 0.791. The van der Waals surface area contributed by atoms with E-state index >= 15 is 0 Å². The number of hydrogen-bond donors (Lipinski definition) is 1. The minimum absolute atomic E-state index is 0.294. The fourth-order valence-corrected chi connectivity index (χ4v) is 2.39. The Bertz CT molecular complexity index is 491. The van der Waals surface area contributed by atoms with Gasteiger partial charge in [0.2, 0.25) is 0 Å². The van der Waals surface area contributed by atoms with Gasteiger partial charge < -0.3 is 0 Å². The Balaban J connectivity index is 0.000000202. The van der Waals surface area contributed by atoms with E-state index in [2.05, 4.69) is 8.38 Å². The van der Waals surface area contributed by atoms with E-state index in [9.17, 15) is 8.42 Å². The van der Waals surface area contributed by atoms with E-state index in [0.29, 0.717) is 4.90 Å². The van der Waals surface area contributed by atoms with Crippen molar-refractivity contribution < 1.29 is 27.6 Å². The molecular formula is C11H11IrN2O2S. The average molecular weight is 428 g/mol. The summed E-state index contributed by atoms with van der Waals surface area (Å²) in [5.41, 5.74) is 0. The van der Waals surface area contributed by atoms with Crippen LogP contribution in [-0.4, -0.2) is 13.4 Å². The molecule has 0 bridgehead atoms. The van der Waals surface area contributed by atoms with Crippen molar-refractivity contribution in [1.82, 2.24) is 8.38 Å². The Labute approximate surface area is 112 Å². The second-order valence-electron chi connectivity index (χ2n) is 2.91. The van der Waals surface area contributed by atoms with Crippen molar-refractivity contribution in [3.63, 3.8) is 0 Å². The third-order valence-corrected chi connectivity index (χ3v) is 4.71. The molecule has 0 aliphatic heterocycles. The summed E-state index contributed by atoms with van der Waals surface area (Å²) in [4.78, 5) is 4.08. The summed E-state index contributed by atoms with van der Waals surface area (Å²) < 4.78 is 24.4. The molecule has 2 aromatic rings. The van der Waals surface area contributed by atoms with Crippen LogP contribution in [0.15, 0.2) is 65.8 Å². The van der Waals surface area contributed by atoms with E-state index in [1.807, 2.05) is 18.2 Å². The third kappa shape index (κ3) is 5.19. The number of rotatable bonds is 2. The van der Waals surface area contributed by atoms with Crippen molar-refractivity contribution in [3.05, 3.63) is 60.9 Å². The molecule has 2 rings (SSSR count). The van der Waals surface area contributed by atoms with Gasteiger partial charge in [0, 0.05) is 12.4 Å². The Morgan fingerprint density at radius 3 is 1.82 bits per heavy atom. The van der Waals surface area contributed by atoms with Gasteiger partial charge in [0.25, 0.3) is 0 Å². The molecular weight excluding hydrogens is 416 g/mol. The smallest absolute Gasteiger partial charge is 0.0267 e. The summed E-state index contributed by atoms with van der Waals surface area (Å²) in [7, 11) is -3.25. The molecule has 0 aliphatic carbocycles. The summed E-state index contributed by atoms with van der Waals surface area (Å²) in [5.74, 6) is 0. The standard InChI is InChI=1S/C6H6NO2S.C5H5N.Ir/c7-10(8,9)6-4-2-1-3-5-6;1-2-4-6-5-3-1;/h1-5H,(H-,7,8,9);1-5H;/q-1;;+1. The van der Waals surface area contributed by atoms with Crippen molar-refractivity contribution in [2.75, 3.05) is 0 Å². The van der Waals surface area contributed by atoms with Gasteiger partial charge in [-0.2, -0.15) is 0 Å². The van der Waals surface area contributed by atoms with Gasteiger partial charge >= 0.3 is 76.2 Å². The number of nitrogens with one attached hydrogen (secondary N) is 1. The molecule has 6 heteroatoms. The molecule has 4 nitrogen and oxygen atoms in total. The molecule has 0 saturated heterocycles. The zero-order valence-corrected chi connectivity index (χ0v) is 12.0. The van der Waals surface area contributed by atoms with Crippen LogP contribution in [-0.2, 0) is 29.2 Å². The van der Waals surface area contributed by atoms with Crippen molar-refractivity contribution in [2.45, 2.75) is 4.90 Å². The van der Waals surface area contributed by atoms with E-state index in [0.717, 1.165) is 0 Å². The number of nitrogens with zero attached hydrogens (tertiary/aromatic N) is 1. The molecule has 0 aliphatic rings. The summed E-state index contributed by atoms with van der Waals surface area (Å²) in [6, 6.07) is 14.0. The molecule has 0 saturated carbocycles. The van der Waals surface area contributed by atoms with Crippen molar-refractivity contribution in [1.29, 1.82) is 0 Å². The molecule has 0 unspecified atom stereocenters. The van der Waals surface area contributed by atoms with Crippen LogP contribution in [0, 0.1) is 0 Å². The van der Waals surface area contributed by atoms with Gasteiger partial charge in [-0.05, 0) is 12.1 Å². The Kier molecular flexibility index (Phi) is 6.00. The average Bonchev–Trinajstić information content (AvgIpc) is 2.42. The van der Waals surface area contributed by atoms with Gasteiger partial charge in [-0.1, -0.05) is 6.07 Å². The van der Waals surface area contributed by atoms with Crippen LogP contribution >= 0.6 is 0 Å². The first-order valence-electron chi connectivity index (χ1n) is 4.67. The van der Waals surface area contributed by atoms with E-state index in [4.69, 9.17) is 0 Å². The minimum Gasteiger partial charge on any atom is -0.265 e.